The van der Waals surface area contributed by atoms with Crippen molar-refractivity contribution in [1.29, 1.82) is 0 Å². The van der Waals surface area contributed by atoms with Gasteiger partial charge in [-0.25, -0.2) is 0 Å². The van der Waals surface area contributed by atoms with Gasteiger partial charge in [0.05, 0.1) is 28.8 Å². The van der Waals surface area contributed by atoms with E-state index in [1.54, 1.807) is 37.4 Å². The van der Waals surface area contributed by atoms with Gasteiger partial charge in [-0.05, 0) is 50.0 Å². The Morgan fingerprint density at radius 3 is 2.33 bits per heavy atom. The SMILES string of the molecule is COc1ccc(C2/C(=C(/O)c3ccc(Cl)c(Cl)c3)C(=O)C(=O)N2CCN(C)C)cc1. The van der Waals surface area contributed by atoms with Crippen LogP contribution in [0.1, 0.15) is 17.2 Å². The molecule has 2 aromatic rings. The molecule has 3 rings (SSSR count). The van der Waals surface area contributed by atoms with Crippen LogP contribution in [0.5, 0.6) is 5.75 Å². The highest BCUT2D eigenvalue weighted by Crippen LogP contribution is 2.40. The summed E-state index contributed by atoms with van der Waals surface area (Å²) in [6, 6.07) is 10.9. The van der Waals surface area contributed by atoms with Crippen LogP contribution in [0.2, 0.25) is 10.0 Å². The third kappa shape index (κ3) is 4.31. The number of carbonyl (C=O) groups excluding carboxylic acids is 2. The first kappa shape index (κ1) is 22.2. The summed E-state index contributed by atoms with van der Waals surface area (Å²) < 4.78 is 5.21. The summed E-state index contributed by atoms with van der Waals surface area (Å²) in [6.07, 6.45) is 0. The van der Waals surface area contributed by atoms with E-state index in [4.69, 9.17) is 27.9 Å². The zero-order valence-electron chi connectivity index (χ0n) is 16.9. The molecule has 1 saturated heterocycles. The van der Waals surface area contributed by atoms with E-state index in [0.717, 1.165) is 0 Å². The van der Waals surface area contributed by atoms with Gasteiger partial charge in [0.1, 0.15) is 11.5 Å². The lowest BCUT2D eigenvalue weighted by atomic mass is 9.95. The van der Waals surface area contributed by atoms with E-state index in [-0.39, 0.29) is 16.4 Å². The lowest BCUT2D eigenvalue weighted by molar-refractivity contribution is -0.140. The fourth-order valence-electron chi connectivity index (χ4n) is 3.35. The lowest BCUT2D eigenvalue weighted by Gasteiger charge is -2.26. The molecule has 8 heteroatoms. The maximum atomic E-state index is 12.9. The highest BCUT2D eigenvalue weighted by atomic mass is 35.5. The number of hydrogen-bond acceptors (Lipinski definition) is 5. The number of nitrogens with zero attached hydrogens (tertiary/aromatic N) is 2. The average molecular weight is 449 g/mol. The second kappa shape index (κ2) is 9.08. The molecule has 1 N–H and O–H groups in total. The molecule has 6 nitrogen and oxygen atoms in total. The van der Waals surface area contributed by atoms with Crippen molar-refractivity contribution in [2.45, 2.75) is 6.04 Å². The number of aliphatic hydroxyl groups is 1. The minimum Gasteiger partial charge on any atom is -0.507 e. The van der Waals surface area contributed by atoms with Crippen molar-refractivity contribution in [2.75, 3.05) is 34.3 Å². The molecular formula is C22H22Cl2N2O4. The number of benzene rings is 2. The first-order valence-electron chi connectivity index (χ1n) is 9.27. The number of methoxy groups -OCH3 is 1. The molecule has 0 aromatic heterocycles. The largest absolute Gasteiger partial charge is 0.507 e. The zero-order chi connectivity index (χ0) is 22.0. The number of ether oxygens (including phenoxy) is 1. The molecule has 1 aliphatic rings. The number of amides is 1. The predicted molar refractivity (Wildman–Crippen MR) is 117 cm³/mol. The first-order valence-corrected chi connectivity index (χ1v) is 10.0. The Balaban J connectivity index is 2.14. The third-order valence-corrected chi connectivity index (χ3v) is 5.69. The normalized spacial score (nSPS) is 18.3. The Morgan fingerprint density at radius 1 is 1.10 bits per heavy atom. The van der Waals surface area contributed by atoms with Gasteiger partial charge in [-0.3, -0.25) is 9.59 Å². The average Bonchev–Trinajstić information content (AvgIpc) is 2.98. The molecule has 1 fully saturated rings. The van der Waals surface area contributed by atoms with Gasteiger partial charge in [0.2, 0.25) is 0 Å². The smallest absolute Gasteiger partial charge is 0.295 e. The summed E-state index contributed by atoms with van der Waals surface area (Å²) in [6.45, 7) is 0.888. The quantitative estimate of drug-likeness (QED) is 0.411. The lowest BCUT2D eigenvalue weighted by Crippen LogP contribution is -2.35. The van der Waals surface area contributed by atoms with Crippen LogP contribution in [0.4, 0.5) is 0 Å². The molecule has 30 heavy (non-hydrogen) atoms. The Morgan fingerprint density at radius 2 is 1.77 bits per heavy atom. The topological polar surface area (TPSA) is 70.1 Å². The number of aliphatic hydroxyl groups excluding tert-OH is 1. The minimum atomic E-state index is -0.738. The highest BCUT2D eigenvalue weighted by Gasteiger charge is 2.45. The van der Waals surface area contributed by atoms with E-state index >= 15 is 0 Å². The monoisotopic (exact) mass is 448 g/mol. The fraction of sp³-hybridized carbons (Fsp3) is 0.273. The van der Waals surface area contributed by atoms with E-state index < -0.39 is 17.7 Å². The van der Waals surface area contributed by atoms with Crippen LogP contribution in [0, 0.1) is 0 Å². The van der Waals surface area contributed by atoms with Crippen molar-refractivity contribution in [3.8, 4) is 5.75 Å². The number of likely N-dealkylation sites (N-methyl/N-ethyl adjacent to an activating group) is 1. The van der Waals surface area contributed by atoms with Crippen molar-refractivity contribution in [3.05, 3.63) is 69.2 Å². The van der Waals surface area contributed by atoms with E-state index in [2.05, 4.69) is 0 Å². The van der Waals surface area contributed by atoms with Gasteiger partial charge in [-0.1, -0.05) is 35.3 Å². The van der Waals surface area contributed by atoms with Crippen LogP contribution < -0.4 is 4.74 Å². The first-order chi connectivity index (χ1) is 14.2. The van der Waals surface area contributed by atoms with Crippen LogP contribution >= 0.6 is 23.2 Å². The molecule has 2 aromatic carbocycles. The fourth-order valence-corrected chi connectivity index (χ4v) is 3.65. The van der Waals surface area contributed by atoms with Gasteiger partial charge in [-0.15, -0.1) is 0 Å². The Kier molecular flexibility index (Phi) is 6.71. The number of halogens is 2. The van der Waals surface area contributed by atoms with Crippen molar-refractivity contribution >= 4 is 40.7 Å². The van der Waals surface area contributed by atoms with Crippen LogP contribution in [0.15, 0.2) is 48.0 Å². The predicted octanol–water partition coefficient (Wildman–Crippen LogP) is 3.99. The van der Waals surface area contributed by atoms with Gasteiger partial charge in [0, 0.05) is 18.7 Å². The summed E-state index contributed by atoms with van der Waals surface area (Å²) in [5, 5.41) is 11.6. The van der Waals surface area contributed by atoms with E-state index in [0.29, 0.717) is 35.0 Å². The number of likely N-dealkylation sites (tertiary alicyclic amines) is 1. The summed E-state index contributed by atoms with van der Waals surface area (Å²) in [4.78, 5) is 29.2. The molecule has 0 spiro atoms. The van der Waals surface area contributed by atoms with Crippen LogP contribution in [-0.2, 0) is 9.59 Å². The van der Waals surface area contributed by atoms with Crippen molar-refractivity contribution in [3.63, 3.8) is 0 Å². The second-order valence-electron chi connectivity index (χ2n) is 7.20. The van der Waals surface area contributed by atoms with Gasteiger partial charge in [0.25, 0.3) is 11.7 Å². The molecule has 1 unspecified atom stereocenters. The van der Waals surface area contributed by atoms with E-state index in [1.165, 1.54) is 17.0 Å². The number of rotatable bonds is 6. The number of ketones is 1. The summed E-state index contributed by atoms with van der Waals surface area (Å²) in [5.74, 6) is -1.04. The van der Waals surface area contributed by atoms with E-state index in [1.807, 2.05) is 19.0 Å². The minimum absolute atomic E-state index is 0.0160. The van der Waals surface area contributed by atoms with Crippen molar-refractivity contribution in [2.24, 2.45) is 0 Å². The molecule has 1 atom stereocenters. The Hall–Kier alpha value is -2.54. The standard InChI is InChI=1S/C22H22Cl2N2O4/c1-25(2)10-11-26-19(13-4-7-15(30-3)8-5-13)18(21(28)22(26)29)20(27)14-6-9-16(23)17(24)12-14/h4-9,12,19,27H,10-11H2,1-3H3/b20-18-. The Bertz CT molecular complexity index is 1000. The molecular weight excluding hydrogens is 427 g/mol. The second-order valence-corrected chi connectivity index (χ2v) is 8.01. The number of hydrogen-bond donors (Lipinski definition) is 1. The van der Waals surface area contributed by atoms with Gasteiger partial charge < -0.3 is 19.6 Å². The van der Waals surface area contributed by atoms with Crippen LogP contribution in [0.25, 0.3) is 5.76 Å². The summed E-state index contributed by atoms with van der Waals surface area (Å²) >= 11 is 12.1. The number of Topliss-reactive ketones (excluding diaryl/α,β-unsaturated/α-hetero) is 1. The molecule has 0 saturated carbocycles. The zero-order valence-corrected chi connectivity index (χ0v) is 18.4. The molecule has 1 heterocycles. The Labute approximate surface area is 185 Å². The maximum Gasteiger partial charge on any atom is 0.295 e. The molecule has 0 bridgehead atoms. The van der Waals surface area contributed by atoms with Crippen LogP contribution in [-0.4, -0.2) is 60.9 Å². The summed E-state index contributed by atoms with van der Waals surface area (Å²) in [7, 11) is 5.33. The van der Waals surface area contributed by atoms with Crippen molar-refractivity contribution in [1.82, 2.24) is 9.80 Å². The molecule has 0 aliphatic carbocycles. The van der Waals surface area contributed by atoms with E-state index in [9.17, 15) is 14.7 Å². The third-order valence-electron chi connectivity index (χ3n) is 4.95. The molecule has 1 aliphatic heterocycles. The maximum absolute atomic E-state index is 12.9. The van der Waals surface area contributed by atoms with Crippen molar-refractivity contribution < 1.29 is 19.4 Å². The highest BCUT2D eigenvalue weighted by molar-refractivity contribution is 6.46. The van der Waals surface area contributed by atoms with Gasteiger partial charge in [-0.2, -0.15) is 0 Å². The molecule has 158 valence electrons. The van der Waals surface area contributed by atoms with Crippen LogP contribution in [0.3, 0.4) is 0 Å². The summed E-state index contributed by atoms with van der Waals surface area (Å²) in [5.41, 5.74) is 1.02. The number of carbonyl (C=O) groups is 2. The van der Waals surface area contributed by atoms with Gasteiger partial charge in [0.15, 0.2) is 0 Å². The van der Waals surface area contributed by atoms with Gasteiger partial charge >= 0.3 is 0 Å². The molecule has 0 radical (unpaired) electrons. The molecule has 1 amide bonds.